The molecule has 1 saturated heterocycles. The summed E-state index contributed by atoms with van der Waals surface area (Å²) >= 11 is 6.27. The Morgan fingerprint density at radius 3 is 2.48 bits per heavy atom. The van der Waals surface area contributed by atoms with Crippen LogP contribution in [0.5, 0.6) is 5.75 Å². The minimum absolute atomic E-state index is 0.0869. The minimum atomic E-state index is -0.0869. The molecule has 4 rings (SSSR count). The lowest BCUT2D eigenvalue weighted by Gasteiger charge is -2.40. The number of anilines is 1. The van der Waals surface area contributed by atoms with Crippen LogP contribution in [0.15, 0.2) is 42.5 Å². The first-order valence-electron chi connectivity index (χ1n) is 10.7. The molecular formula is C23H29ClN6O. The summed E-state index contributed by atoms with van der Waals surface area (Å²) in [5.74, 6) is 1.69. The fraction of sp³-hybridized carbons (Fsp3) is 0.435. The number of halogens is 1. The van der Waals surface area contributed by atoms with Crippen molar-refractivity contribution in [1.82, 2.24) is 25.1 Å². The topological polar surface area (TPSA) is 59.3 Å². The summed E-state index contributed by atoms with van der Waals surface area (Å²) in [6.45, 7) is 9.87. The molecule has 1 aliphatic heterocycles. The number of aromatic nitrogens is 4. The van der Waals surface area contributed by atoms with E-state index in [0.29, 0.717) is 0 Å². The highest BCUT2D eigenvalue weighted by Crippen LogP contribution is 2.35. The van der Waals surface area contributed by atoms with E-state index in [1.807, 2.05) is 28.9 Å². The van der Waals surface area contributed by atoms with Crippen molar-refractivity contribution in [2.75, 3.05) is 38.2 Å². The van der Waals surface area contributed by atoms with Crippen LogP contribution in [0.25, 0.3) is 0 Å². The van der Waals surface area contributed by atoms with Crippen LogP contribution >= 0.6 is 11.6 Å². The summed E-state index contributed by atoms with van der Waals surface area (Å²) in [5, 5.41) is 13.5. The molecular weight excluding hydrogens is 412 g/mol. The lowest BCUT2D eigenvalue weighted by Crippen LogP contribution is -2.48. The van der Waals surface area contributed by atoms with Crippen molar-refractivity contribution >= 4 is 17.3 Å². The second kappa shape index (κ2) is 9.24. The van der Waals surface area contributed by atoms with E-state index in [4.69, 9.17) is 16.3 Å². The molecule has 0 bridgehead atoms. The molecule has 0 radical (unpaired) electrons. The molecule has 0 spiro atoms. The molecule has 0 aliphatic carbocycles. The molecule has 1 atom stereocenters. The first-order chi connectivity index (χ1) is 15.0. The number of ether oxygens (including phenoxy) is 1. The summed E-state index contributed by atoms with van der Waals surface area (Å²) in [5.41, 5.74) is 3.52. The van der Waals surface area contributed by atoms with Crippen LogP contribution in [0.4, 0.5) is 5.69 Å². The Balaban J connectivity index is 1.66. The Morgan fingerprint density at radius 2 is 1.77 bits per heavy atom. The number of hydrogen-bond donors (Lipinski definition) is 0. The van der Waals surface area contributed by atoms with Crippen molar-refractivity contribution < 1.29 is 4.74 Å². The number of tetrazole rings is 1. The number of piperazine rings is 1. The van der Waals surface area contributed by atoms with E-state index in [1.54, 1.807) is 7.11 Å². The Kier molecular flexibility index (Phi) is 6.43. The monoisotopic (exact) mass is 440 g/mol. The van der Waals surface area contributed by atoms with Gasteiger partial charge in [0.2, 0.25) is 0 Å². The van der Waals surface area contributed by atoms with E-state index in [0.717, 1.165) is 48.3 Å². The molecule has 0 N–H and O–H groups in total. The lowest BCUT2D eigenvalue weighted by atomic mass is 10.0. The third kappa shape index (κ3) is 4.38. The van der Waals surface area contributed by atoms with Gasteiger partial charge >= 0.3 is 0 Å². The van der Waals surface area contributed by atoms with E-state index in [9.17, 15) is 0 Å². The summed E-state index contributed by atoms with van der Waals surface area (Å²) in [4.78, 5) is 4.85. The zero-order valence-corrected chi connectivity index (χ0v) is 19.3. The molecule has 0 saturated carbocycles. The largest absolute Gasteiger partial charge is 0.496 e. The van der Waals surface area contributed by atoms with Gasteiger partial charge in [-0.05, 0) is 55.0 Å². The van der Waals surface area contributed by atoms with Crippen LogP contribution in [0.1, 0.15) is 42.9 Å². The van der Waals surface area contributed by atoms with Gasteiger partial charge in [-0.2, -0.15) is 0 Å². The molecule has 1 fully saturated rings. The van der Waals surface area contributed by atoms with Gasteiger partial charge in [0.25, 0.3) is 0 Å². The van der Waals surface area contributed by atoms with E-state index >= 15 is 0 Å². The highest BCUT2D eigenvalue weighted by atomic mass is 35.5. The third-order valence-corrected chi connectivity index (χ3v) is 6.11. The smallest absolute Gasteiger partial charge is 0.173 e. The molecule has 1 aromatic heterocycles. The second-order valence-corrected chi connectivity index (χ2v) is 8.61. The normalized spacial score (nSPS) is 16.0. The number of nitrogens with zero attached hydrogens (tertiary/aromatic N) is 6. The number of hydrogen-bond acceptors (Lipinski definition) is 6. The van der Waals surface area contributed by atoms with Gasteiger partial charge < -0.3 is 9.64 Å². The van der Waals surface area contributed by atoms with E-state index in [2.05, 4.69) is 64.3 Å². The standard InChI is InChI=1S/C23H29ClN6O/c1-16(2)30-23(25-26-27-30)22(19-7-5-6-8-21(19)31-4)29-13-11-28(12-14-29)20-15-18(24)10-9-17(20)3/h5-10,15-16,22H,11-14H2,1-4H3/t22-/m0/s1. The fourth-order valence-corrected chi connectivity index (χ4v) is 4.45. The first kappa shape index (κ1) is 21.6. The maximum absolute atomic E-state index is 6.27. The zero-order chi connectivity index (χ0) is 22.0. The summed E-state index contributed by atoms with van der Waals surface area (Å²) in [6.07, 6.45) is 0. The zero-order valence-electron chi connectivity index (χ0n) is 18.5. The van der Waals surface area contributed by atoms with Crippen molar-refractivity contribution in [2.24, 2.45) is 0 Å². The van der Waals surface area contributed by atoms with Crippen molar-refractivity contribution in [2.45, 2.75) is 32.9 Å². The minimum Gasteiger partial charge on any atom is -0.496 e. The number of methoxy groups -OCH3 is 1. The van der Waals surface area contributed by atoms with Gasteiger partial charge in [-0.15, -0.1) is 5.10 Å². The van der Waals surface area contributed by atoms with E-state index < -0.39 is 0 Å². The third-order valence-electron chi connectivity index (χ3n) is 5.88. The van der Waals surface area contributed by atoms with Gasteiger partial charge in [-0.3, -0.25) is 4.90 Å². The van der Waals surface area contributed by atoms with Gasteiger partial charge in [0.15, 0.2) is 5.82 Å². The SMILES string of the molecule is COc1ccccc1[C@@H](c1nnnn1C(C)C)N1CCN(c2cc(Cl)ccc2C)CC1. The maximum atomic E-state index is 6.27. The number of rotatable bonds is 6. The van der Waals surface area contributed by atoms with Crippen molar-refractivity contribution in [3.8, 4) is 5.75 Å². The molecule has 164 valence electrons. The molecule has 1 aliphatic rings. The average molecular weight is 441 g/mol. The highest BCUT2D eigenvalue weighted by Gasteiger charge is 2.33. The highest BCUT2D eigenvalue weighted by molar-refractivity contribution is 6.30. The van der Waals surface area contributed by atoms with Crippen LogP contribution in [0.3, 0.4) is 0 Å². The maximum Gasteiger partial charge on any atom is 0.173 e. The molecule has 8 heteroatoms. The second-order valence-electron chi connectivity index (χ2n) is 8.17. The molecule has 3 aromatic rings. The first-order valence-corrected chi connectivity index (χ1v) is 11.0. The average Bonchev–Trinajstić information content (AvgIpc) is 3.26. The Morgan fingerprint density at radius 1 is 1.03 bits per heavy atom. The van der Waals surface area contributed by atoms with Crippen LogP contribution in [-0.4, -0.2) is 58.4 Å². The molecule has 0 amide bonds. The van der Waals surface area contributed by atoms with E-state index in [1.165, 1.54) is 11.3 Å². The Labute approximate surface area is 188 Å². The summed E-state index contributed by atoms with van der Waals surface area (Å²) < 4.78 is 7.61. The Hall–Kier alpha value is -2.64. The van der Waals surface area contributed by atoms with Crippen LogP contribution in [0.2, 0.25) is 5.02 Å². The van der Waals surface area contributed by atoms with E-state index in [-0.39, 0.29) is 12.1 Å². The van der Waals surface area contributed by atoms with Crippen LogP contribution in [0, 0.1) is 6.92 Å². The lowest BCUT2D eigenvalue weighted by molar-refractivity contribution is 0.195. The van der Waals surface area contributed by atoms with Gasteiger partial charge in [0.1, 0.15) is 11.8 Å². The van der Waals surface area contributed by atoms with Crippen LogP contribution in [-0.2, 0) is 0 Å². The predicted molar refractivity (Wildman–Crippen MR) is 123 cm³/mol. The number of para-hydroxylation sites is 1. The molecule has 0 unspecified atom stereocenters. The van der Waals surface area contributed by atoms with Crippen LogP contribution < -0.4 is 9.64 Å². The van der Waals surface area contributed by atoms with Gasteiger partial charge in [0, 0.05) is 42.5 Å². The molecule has 2 aromatic carbocycles. The van der Waals surface area contributed by atoms with Gasteiger partial charge in [-0.1, -0.05) is 35.9 Å². The molecule has 7 nitrogen and oxygen atoms in total. The quantitative estimate of drug-likeness (QED) is 0.574. The number of benzene rings is 2. The number of aryl methyl sites for hydroxylation is 1. The Bertz CT molecular complexity index is 1030. The molecule has 31 heavy (non-hydrogen) atoms. The molecule has 2 heterocycles. The van der Waals surface area contributed by atoms with Gasteiger partial charge in [0.05, 0.1) is 13.2 Å². The summed E-state index contributed by atoms with van der Waals surface area (Å²) in [7, 11) is 1.71. The van der Waals surface area contributed by atoms with Crippen molar-refractivity contribution in [1.29, 1.82) is 0 Å². The van der Waals surface area contributed by atoms with Crippen molar-refractivity contribution in [3.63, 3.8) is 0 Å². The summed E-state index contributed by atoms with van der Waals surface area (Å²) in [6, 6.07) is 14.3. The van der Waals surface area contributed by atoms with Crippen molar-refractivity contribution in [3.05, 3.63) is 64.4 Å². The predicted octanol–water partition coefficient (Wildman–Crippen LogP) is 4.14. The van der Waals surface area contributed by atoms with Gasteiger partial charge in [-0.25, -0.2) is 4.68 Å². The fourth-order valence-electron chi connectivity index (χ4n) is 4.28.